The van der Waals surface area contributed by atoms with Crippen molar-refractivity contribution in [3.8, 4) is 0 Å². The van der Waals surface area contributed by atoms with Crippen molar-refractivity contribution in [3.63, 3.8) is 0 Å². The van der Waals surface area contributed by atoms with Crippen LogP contribution >= 0.6 is 0 Å². The zero-order valence-corrected chi connectivity index (χ0v) is 18.0. The highest BCUT2D eigenvalue weighted by Crippen LogP contribution is 2.37. The van der Waals surface area contributed by atoms with Gasteiger partial charge in [-0.2, -0.15) is 0 Å². The van der Waals surface area contributed by atoms with Crippen molar-refractivity contribution in [2.75, 3.05) is 0 Å². The molecule has 0 N–H and O–H groups in total. The normalized spacial score (nSPS) is 23.0. The van der Waals surface area contributed by atoms with Gasteiger partial charge in [0.05, 0.1) is 22.5 Å². The van der Waals surface area contributed by atoms with Crippen molar-refractivity contribution in [2.24, 2.45) is 11.8 Å². The molecule has 0 amide bonds. The molecule has 1 aliphatic rings. The van der Waals surface area contributed by atoms with Gasteiger partial charge in [-0.3, -0.25) is 4.79 Å². The molecule has 27 heavy (non-hydrogen) atoms. The lowest BCUT2D eigenvalue weighted by Gasteiger charge is -2.31. The minimum Gasteiger partial charge on any atom is -0.372 e. The fourth-order valence-corrected chi connectivity index (χ4v) is 4.68. The average molecular weight is 391 g/mol. The van der Waals surface area contributed by atoms with Gasteiger partial charge < -0.3 is 4.74 Å². The summed E-state index contributed by atoms with van der Waals surface area (Å²) in [5.41, 5.74) is -0.266. The van der Waals surface area contributed by atoms with Crippen LogP contribution in [0.5, 0.6) is 0 Å². The number of hydrogen-bond acceptors (Lipinski definition) is 3. The van der Waals surface area contributed by atoms with Crippen LogP contribution in [0, 0.1) is 11.8 Å². The van der Waals surface area contributed by atoms with Gasteiger partial charge in [-0.1, -0.05) is 50.5 Å². The van der Waals surface area contributed by atoms with E-state index in [9.17, 15) is 9.00 Å². The third-order valence-electron chi connectivity index (χ3n) is 4.99. The molecule has 4 atom stereocenters. The predicted molar refractivity (Wildman–Crippen MR) is 112 cm³/mol. The zero-order chi connectivity index (χ0) is 19.9. The van der Waals surface area contributed by atoms with E-state index in [1.807, 2.05) is 56.5 Å². The lowest BCUT2D eigenvalue weighted by molar-refractivity contribution is -0.119. The number of ketones is 1. The van der Waals surface area contributed by atoms with E-state index in [1.54, 1.807) is 0 Å². The van der Waals surface area contributed by atoms with Gasteiger partial charge in [-0.05, 0) is 51.2 Å². The third-order valence-corrected chi connectivity index (χ3v) is 6.13. The van der Waals surface area contributed by atoms with Gasteiger partial charge in [0.15, 0.2) is 0 Å². The van der Waals surface area contributed by atoms with Crippen LogP contribution in [-0.2, 0) is 20.3 Å². The lowest BCUT2D eigenvalue weighted by atomic mass is 9.85. The van der Waals surface area contributed by atoms with E-state index in [-0.39, 0.29) is 29.3 Å². The summed E-state index contributed by atoms with van der Waals surface area (Å²) in [5, 5.41) is 1.81. The van der Waals surface area contributed by atoms with Crippen LogP contribution < -0.4 is 0 Å². The number of benzene rings is 1. The molecular weight excluding hydrogens is 356 g/mol. The first-order valence-electron chi connectivity index (χ1n) is 10.1. The maximum Gasteiger partial charge on any atom is 0.135 e. The van der Waals surface area contributed by atoms with Gasteiger partial charge in [0.2, 0.25) is 0 Å². The van der Waals surface area contributed by atoms with Crippen molar-refractivity contribution in [1.29, 1.82) is 0 Å². The molecular formula is C23H34O3S. The molecule has 4 heteroatoms. The molecule has 1 aliphatic carbocycles. The summed E-state index contributed by atoms with van der Waals surface area (Å²) >= 11 is 0. The number of Topliss-reactive ketones (excluding diaryl/α,β-unsaturated/α-hetero) is 1. The molecule has 0 bridgehead atoms. The quantitative estimate of drug-likeness (QED) is 0.510. The van der Waals surface area contributed by atoms with Gasteiger partial charge in [-0.15, -0.1) is 0 Å². The Hall–Kier alpha value is -1.26. The van der Waals surface area contributed by atoms with Gasteiger partial charge >= 0.3 is 0 Å². The molecule has 0 saturated heterocycles. The van der Waals surface area contributed by atoms with Crippen LogP contribution in [0.2, 0.25) is 0 Å². The first kappa shape index (κ1) is 22.0. The standard InChI is InChI=1S/C23H34O3S/c1-5-6-8-11-18(14-15-27(25)20-12-9-7-10-13-20)21-16-19(24)17-22(21)26-23(2,3)4/h7,9-10,12-15,18,21-22H,5-6,8,11,16-17H2,1-4H3/b15-14+/t18-,21-,22+,27?/m0/s1. The summed E-state index contributed by atoms with van der Waals surface area (Å²) in [6, 6.07) is 9.51. The van der Waals surface area contributed by atoms with E-state index >= 15 is 0 Å². The maximum atomic E-state index is 12.6. The second kappa shape index (κ2) is 10.3. The van der Waals surface area contributed by atoms with Crippen molar-refractivity contribution in [1.82, 2.24) is 0 Å². The molecule has 1 aromatic rings. The SMILES string of the molecule is CCCCC[C@@H](/C=C/S(=O)c1ccccc1)[C@@H]1CC(=O)C[C@H]1OC(C)(C)C. The Balaban J connectivity index is 2.15. The van der Waals surface area contributed by atoms with Crippen molar-refractivity contribution in [2.45, 2.75) is 82.8 Å². The van der Waals surface area contributed by atoms with Crippen LogP contribution in [-0.4, -0.2) is 21.7 Å². The Labute approximate surface area is 167 Å². The van der Waals surface area contributed by atoms with Crippen molar-refractivity contribution >= 4 is 16.6 Å². The van der Waals surface area contributed by atoms with Crippen LogP contribution in [0.1, 0.15) is 66.2 Å². The van der Waals surface area contributed by atoms with E-state index in [2.05, 4.69) is 13.0 Å². The lowest BCUT2D eigenvalue weighted by Crippen LogP contribution is -2.32. The summed E-state index contributed by atoms with van der Waals surface area (Å²) in [6.45, 7) is 8.32. The molecule has 0 aliphatic heterocycles. The Kier molecular flexibility index (Phi) is 8.43. The van der Waals surface area contributed by atoms with E-state index in [0.717, 1.165) is 24.2 Å². The molecule has 1 unspecified atom stereocenters. The molecule has 1 aromatic carbocycles. The third kappa shape index (κ3) is 7.34. The summed E-state index contributed by atoms with van der Waals surface area (Å²) < 4.78 is 18.8. The molecule has 1 saturated carbocycles. The molecule has 0 radical (unpaired) electrons. The molecule has 1 fully saturated rings. The number of unbranched alkanes of at least 4 members (excludes halogenated alkanes) is 2. The Morgan fingerprint density at radius 3 is 2.52 bits per heavy atom. The van der Waals surface area contributed by atoms with Crippen LogP contribution in [0.3, 0.4) is 0 Å². The number of allylic oxidation sites excluding steroid dienone is 1. The van der Waals surface area contributed by atoms with E-state index in [1.165, 1.54) is 6.42 Å². The molecule has 0 spiro atoms. The second-order valence-electron chi connectivity index (χ2n) is 8.48. The highest BCUT2D eigenvalue weighted by Gasteiger charge is 2.39. The van der Waals surface area contributed by atoms with Crippen molar-refractivity contribution < 1.29 is 13.7 Å². The first-order chi connectivity index (χ1) is 12.8. The largest absolute Gasteiger partial charge is 0.372 e. The minimum absolute atomic E-state index is 0.0427. The van der Waals surface area contributed by atoms with Crippen LogP contribution in [0.4, 0.5) is 0 Å². The maximum absolute atomic E-state index is 12.6. The number of carbonyl (C=O) groups excluding carboxylic acids is 1. The molecule has 0 heterocycles. The van der Waals surface area contributed by atoms with E-state index in [0.29, 0.717) is 12.8 Å². The topological polar surface area (TPSA) is 43.4 Å². The molecule has 0 aromatic heterocycles. The minimum atomic E-state index is -1.16. The van der Waals surface area contributed by atoms with Crippen molar-refractivity contribution in [3.05, 3.63) is 41.8 Å². The summed E-state index contributed by atoms with van der Waals surface area (Å²) in [4.78, 5) is 13.0. The smallest absolute Gasteiger partial charge is 0.135 e. The highest BCUT2D eigenvalue weighted by molar-refractivity contribution is 7.88. The predicted octanol–water partition coefficient (Wildman–Crippen LogP) is 5.67. The second-order valence-corrected chi connectivity index (χ2v) is 9.82. The molecule has 150 valence electrons. The molecule has 3 nitrogen and oxygen atoms in total. The van der Waals surface area contributed by atoms with Gasteiger partial charge in [0.25, 0.3) is 0 Å². The first-order valence-corrected chi connectivity index (χ1v) is 11.3. The number of hydrogen-bond donors (Lipinski definition) is 0. The Bertz CT molecular complexity index is 645. The summed E-state index contributed by atoms with van der Waals surface area (Å²) in [7, 11) is -1.16. The molecule has 2 rings (SSSR count). The van der Waals surface area contributed by atoms with Crippen LogP contribution in [0.15, 0.2) is 46.7 Å². The Morgan fingerprint density at radius 1 is 1.19 bits per heavy atom. The van der Waals surface area contributed by atoms with E-state index < -0.39 is 10.8 Å². The number of ether oxygens (including phenoxy) is 1. The summed E-state index contributed by atoms with van der Waals surface area (Å²) in [6.07, 6.45) is 7.59. The summed E-state index contributed by atoms with van der Waals surface area (Å²) in [5.74, 6) is 0.688. The van der Waals surface area contributed by atoms with Gasteiger partial charge in [-0.25, -0.2) is 4.21 Å². The van der Waals surface area contributed by atoms with Gasteiger partial charge in [0.1, 0.15) is 5.78 Å². The van der Waals surface area contributed by atoms with E-state index in [4.69, 9.17) is 4.74 Å². The average Bonchev–Trinajstić information content (AvgIpc) is 2.96. The monoisotopic (exact) mass is 390 g/mol. The zero-order valence-electron chi connectivity index (χ0n) is 17.1. The van der Waals surface area contributed by atoms with Gasteiger partial charge in [0, 0.05) is 23.1 Å². The Morgan fingerprint density at radius 2 is 1.89 bits per heavy atom. The fourth-order valence-electron chi connectivity index (χ4n) is 3.75. The van der Waals surface area contributed by atoms with Crippen LogP contribution in [0.25, 0.3) is 0 Å². The number of rotatable bonds is 9. The number of carbonyl (C=O) groups is 1. The highest BCUT2D eigenvalue weighted by atomic mass is 32.2. The fraction of sp³-hybridized carbons (Fsp3) is 0.609.